The second-order valence-corrected chi connectivity index (χ2v) is 8.70. The lowest BCUT2D eigenvalue weighted by molar-refractivity contribution is -0.122. The number of nitrogens with one attached hydrogen (secondary N) is 2. The molecule has 1 fully saturated rings. The quantitative estimate of drug-likeness (QED) is 0.688. The number of aromatic amines is 1. The lowest BCUT2D eigenvalue weighted by Crippen LogP contribution is -2.35. The number of rotatable bonds is 4. The summed E-state index contributed by atoms with van der Waals surface area (Å²) in [5, 5.41) is 4.58. The van der Waals surface area contributed by atoms with E-state index in [-0.39, 0.29) is 17.7 Å². The van der Waals surface area contributed by atoms with Gasteiger partial charge in [0.2, 0.25) is 5.91 Å². The summed E-state index contributed by atoms with van der Waals surface area (Å²) in [6.45, 7) is 1.13. The normalized spacial score (nSPS) is 16.4. The van der Waals surface area contributed by atoms with Crippen molar-refractivity contribution in [3.8, 4) is 5.75 Å². The first-order valence-corrected chi connectivity index (χ1v) is 10.7. The Morgan fingerprint density at radius 1 is 1.31 bits per heavy atom. The Labute approximate surface area is 172 Å². The van der Waals surface area contributed by atoms with Gasteiger partial charge in [-0.3, -0.25) is 9.59 Å². The molecule has 3 heterocycles. The molecule has 5 rings (SSSR count). The zero-order valence-electron chi connectivity index (χ0n) is 16.2. The lowest BCUT2D eigenvalue weighted by Gasteiger charge is -2.25. The molecule has 0 atom stereocenters. The number of hydrogen-bond donors (Lipinski definition) is 2. The zero-order valence-corrected chi connectivity index (χ0v) is 17.0. The molecule has 29 heavy (non-hydrogen) atoms. The Balaban J connectivity index is 1.31. The van der Waals surface area contributed by atoms with Crippen LogP contribution in [0, 0.1) is 5.92 Å². The van der Waals surface area contributed by atoms with Gasteiger partial charge in [0.1, 0.15) is 11.4 Å². The molecule has 2 aromatic heterocycles. The van der Waals surface area contributed by atoms with Gasteiger partial charge in [0.15, 0.2) is 5.13 Å². The van der Waals surface area contributed by atoms with Crippen LogP contribution in [-0.4, -0.2) is 40.3 Å². The molecule has 8 heteroatoms. The van der Waals surface area contributed by atoms with Crippen LogP contribution >= 0.6 is 11.3 Å². The van der Waals surface area contributed by atoms with Gasteiger partial charge in [0.25, 0.3) is 5.91 Å². The predicted octanol–water partition coefficient (Wildman–Crippen LogP) is 3.57. The molecule has 2 amide bonds. The van der Waals surface area contributed by atoms with E-state index in [1.165, 1.54) is 11.3 Å². The van der Waals surface area contributed by atoms with Gasteiger partial charge >= 0.3 is 0 Å². The molecule has 0 radical (unpaired) electrons. The molecule has 1 aliphatic heterocycles. The second kappa shape index (κ2) is 7.18. The highest BCUT2D eigenvalue weighted by Gasteiger charge is 2.28. The predicted molar refractivity (Wildman–Crippen MR) is 111 cm³/mol. The molecular weight excluding hydrogens is 388 g/mol. The molecular formula is C21H22N4O3S. The number of carbonyl (C=O) groups excluding carboxylic acids is 2. The fourth-order valence-electron chi connectivity index (χ4n) is 3.82. The van der Waals surface area contributed by atoms with E-state index in [9.17, 15) is 9.59 Å². The highest BCUT2D eigenvalue weighted by atomic mass is 32.1. The van der Waals surface area contributed by atoms with Crippen molar-refractivity contribution in [1.29, 1.82) is 0 Å². The number of thiazole rings is 1. The van der Waals surface area contributed by atoms with Crippen LogP contribution in [0.3, 0.4) is 0 Å². The SMILES string of the molecule is COc1ccc2cc(C(=O)N3CCc4nc(NC(=O)C5CCC5)sc4C3)[nH]c2c1. The number of anilines is 1. The molecule has 1 aromatic carbocycles. The fourth-order valence-corrected chi connectivity index (χ4v) is 4.85. The fraction of sp³-hybridized carbons (Fsp3) is 0.381. The van der Waals surface area contributed by atoms with Crippen LogP contribution in [-0.2, 0) is 17.8 Å². The van der Waals surface area contributed by atoms with E-state index in [2.05, 4.69) is 15.3 Å². The van der Waals surface area contributed by atoms with E-state index in [0.717, 1.165) is 46.5 Å². The Morgan fingerprint density at radius 3 is 2.93 bits per heavy atom. The van der Waals surface area contributed by atoms with Crippen LogP contribution in [0.15, 0.2) is 24.3 Å². The van der Waals surface area contributed by atoms with Gasteiger partial charge < -0.3 is 19.9 Å². The molecule has 3 aromatic rings. The second-order valence-electron chi connectivity index (χ2n) is 7.62. The van der Waals surface area contributed by atoms with E-state index in [0.29, 0.717) is 30.3 Å². The van der Waals surface area contributed by atoms with Crippen molar-refractivity contribution in [2.45, 2.75) is 32.2 Å². The molecule has 2 aliphatic rings. The van der Waals surface area contributed by atoms with E-state index in [1.807, 2.05) is 29.2 Å². The van der Waals surface area contributed by atoms with Gasteiger partial charge in [-0.25, -0.2) is 4.98 Å². The summed E-state index contributed by atoms with van der Waals surface area (Å²) in [5.74, 6) is 0.930. The van der Waals surface area contributed by atoms with Crippen molar-refractivity contribution >= 4 is 39.2 Å². The van der Waals surface area contributed by atoms with Gasteiger partial charge in [-0.05, 0) is 31.0 Å². The zero-order chi connectivity index (χ0) is 20.0. The minimum Gasteiger partial charge on any atom is -0.497 e. The largest absolute Gasteiger partial charge is 0.497 e. The number of carbonyl (C=O) groups is 2. The molecule has 0 saturated heterocycles. The number of amides is 2. The Kier molecular flexibility index (Phi) is 4.50. The minimum atomic E-state index is -0.0285. The maximum atomic E-state index is 13.0. The summed E-state index contributed by atoms with van der Waals surface area (Å²) < 4.78 is 5.25. The summed E-state index contributed by atoms with van der Waals surface area (Å²) in [4.78, 5) is 35.9. The van der Waals surface area contributed by atoms with Crippen molar-refractivity contribution in [2.75, 3.05) is 19.0 Å². The molecule has 0 spiro atoms. The first-order chi connectivity index (χ1) is 14.1. The third-order valence-corrected chi connectivity index (χ3v) is 6.78. The Bertz CT molecular complexity index is 1100. The smallest absolute Gasteiger partial charge is 0.270 e. The Hall–Kier alpha value is -2.87. The van der Waals surface area contributed by atoms with Gasteiger partial charge in [0, 0.05) is 40.7 Å². The van der Waals surface area contributed by atoms with Crippen molar-refractivity contribution in [3.63, 3.8) is 0 Å². The molecule has 2 N–H and O–H groups in total. The average molecular weight is 410 g/mol. The number of methoxy groups -OCH3 is 1. The third kappa shape index (κ3) is 3.37. The molecule has 0 unspecified atom stereocenters. The van der Waals surface area contributed by atoms with E-state index in [4.69, 9.17) is 4.74 Å². The molecule has 1 saturated carbocycles. The van der Waals surface area contributed by atoms with Crippen LogP contribution in [0.5, 0.6) is 5.75 Å². The lowest BCUT2D eigenvalue weighted by atomic mass is 9.85. The van der Waals surface area contributed by atoms with Gasteiger partial charge in [-0.2, -0.15) is 0 Å². The van der Waals surface area contributed by atoms with Crippen molar-refractivity contribution < 1.29 is 14.3 Å². The van der Waals surface area contributed by atoms with Crippen LogP contribution < -0.4 is 10.1 Å². The summed E-state index contributed by atoms with van der Waals surface area (Å²) in [5.41, 5.74) is 2.44. The monoisotopic (exact) mass is 410 g/mol. The maximum absolute atomic E-state index is 13.0. The highest BCUT2D eigenvalue weighted by Crippen LogP contribution is 2.32. The van der Waals surface area contributed by atoms with Crippen LogP contribution in [0.4, 0.5) is 5.13 Å². The topological polar surface area (TPSA) is 87.3 Å². The van der Waals surface area contributed by atoms with Crippen molar-refractivity contribution in [3.05, 3.63) is 40.5 Å². The number of ether oxygens (including phenoxy) is 1. The standard InChI is InChI=1S/C21H22N4O3S/c1-28-14-6-5-13-9-17(22-16(13)10-14)20(27)25-8-7-15-18(11-25)29-21(23-15)24-19(26)12-3-2-4-12/h5-6,9-10,12,22H,2-4,7-8,11H2,1H3,(H,23,24,26). The van der Waals surface area contributed by atoms with E-state index >= 15 is 0 Å². The summed E-state index contributed by atoms with van der Waals surface area (Å²) >= 11 is 1.48. The van der Waals surface area contributed by atoms with Crippen LogP contribution in [0.2, 0.25) is 0 Å². The number of aromatic nitrogens is 2. The number of H-pyrrole nitrogens is 1. The third-order valence-electron chi connectivity index (χ3n) is 5.78. The summed E-state index contributed by atoms with van der Waals surface area (Å²) in [6, 6.07) is 7.59. The van der Waals surface area contributed by atoms with Gasteiger partial charge in [0.05, 0.1) is 19.3 Å². The number of fused-ring (bicyclic) bond motifs is 2. The number of benzene rings is 1. The van der Waals surface area contributed by atoms with Crippen LogP contribution in [0.25, 0.3) is 10.9 Å². The van der Waals surface area contributed by atoms with Crippen molar-refractivity contribution in [2.24, 2.45) is 5.92 Å². The van der Waals surface area contributed by atoms with Gasteiger partial charge in [-0.15, -0.1) is 0 Å². The van der Waals surface area contributed by atoms with Crippen molar-refractivity contribution in [1.82, 2.24) is 14.9 Å². The Morgan fingerprint density at radius 2 is 2.17 bits per heavy atom. The first kappa shape index (κ1) is 18.2. The number of nitrogens with zero attached hydrogens (tertiary/aromatic N) is 2. The van der Waals surface area contributed by atoms with Crippen LogP contribution in [0.1, 0.15) is 40.3 Å². The maximum Gasteiger partial charge on any atom is 0.270 e. The summed E-state index contributed by atoms with van der Waals surface area (Å²) in [7, 11) is 1.62. The van der Waals surface area contributed by atoms with Gasteiger partial charge in [-0.1, -0.05) is 17.8 Å². The highest BCUT2D eigenvalue weighted by molar-refractivity contribution is 7.15. The first-order valence-electron chi connectivity index (χ1n) is 9.86. The van der Waals surface area contributed by atoms with E-state index < -0.39 is 0 Å². The molecule has 1 aliphatic carbocycles. The molecule has 7 nitrogen and oxygen atoms in total. The molecule has 150 valence electrons. The average Bonchev–Trinajstić information content (AvgIpc) is 3.27. The summed E-state index contributed by atoms with van der Waals surface area (Å²) in [6.07, 6.45) is 3.76. The minimum absolute atomic E-state index is 0.0285. The molecule has 0 bridgehead atoms. The number of hydrogen-bond acceptors (Lipinski definition) is 5. The van der Waals surface area contributed by atoms with E-state index in [1.54, 1.807) is 7.11 Å².